The second kappa shape index (κ2) is 8.34. The second-order valence-electron chi connectivity index (χ2n) is 6.94. The molecule has 0 atom stereocenters. The van der Waals surface area contributed by atoms with Gasteiger partial charge in [0.05, 0.1) is 5.60 Å². The predicted molar refractivity (Wildman–Crippen MR) is 109 cm³/mol. The van der Waals surface area contributed by atoms with Gasteiger partial charge in [0.2, 0.25) is 0 Å². The Balaban J connectivity index is 1.48. The standard InChI is InChI=1S/C23H25NO2S/c1-25-23(11-15-26-16-12-23)20-5-4-6-22(17-20)27-21-9-7-19(8-10-21)18-24-13-2-3-14-24/h2-10,13-14,17H,11-12,15-16,18H2,1H3. The maximum atomic E-state index is 5.94. The van der Waals surface area contributed by atoms with Crippen LogP contribution in [0.1, 0.15) is 24.0 Å². The first-order valence-electron chi connectivity index (χ1n) is 9.38. The van der Waals surface area contributed by atoms with Crippen molar-refractivity contribution in [2.45, 2.75) is 34.8 Å². The van der Waals surface area contributed by atoms with Crippen molar-refractivity contribution in [1.82, 2.24) is 4.57 Å². The molecule has 3 nitrogen and oxygen atoms in total. The molecule has 0 radical (unpaired) electrons. The van der Waals surface area contributed by atoms with Gasteiger partial charge in [0.15, 0.2) is 0 Å². The molecule has 1 aromatic heterocycles. The maximum absolute atomic E-state index is 5.94. The van der Waals surface area contributed by atoms with Crippen LogP contribution in [0.25, 0.3) is 0 Å². The van der Waals surface area contributed by atoms with E-state index in [0.29, 0.717) is 0 Å². The van der Waals surface area contributed by atoms with E-state index in [2.05, 4.69) is 77.6 Å². The first-order chi connectivity index (χ1) is 13.3. The van der Waals surface area contributed by atoms with Gasteiger partial charge in [0.1, 0.15) is 0 Å². The molecule has 4 rings (SSSR count). The van der Waals surface area contributed by atoms with Crippen LogP contribution in [0, 0.1) is 0 Å². The first kappa shape index (κ1) is 18.4. The minimum atomic E-state index is -0.213. The van der Waals surface area contributed by atoms with Gasteiger partial charge >= 0.3 is 0 Å². The lowest BCUT2D eigenvalue weighted by molar-refractivity contribution is -0.0948. The van der Waals surface area contributed by atoms with Crippen molar-refractivity contribution in [2.24, 2.45) is 0 Å². The highest BCUT2D eigenvalue weighted by atomic mass is 32.2. The van der Waals surface area contributed by atoms with E-state index in [9.17, 15) is 0 Å². The molecule has 1 aliphatic heterocycles. The van der Waals surface area contributed by atoms with Crippen LogP contribution in [-0.2, 0) is 21.6 Å². The number of methoxy groups -OCH3 is 1. The van der Waals surface area contributed by atoms with E-state index in [1.54, 1.807) is 11.8 Å². The maximum Gasteiger partial charge on any atom is 0.0971 e. The summed E-state index contributed by atoms with van der Waals surface area (Å²) in [5, 5.41) is 0. The van der Waals surface area contributed by atoms with Gasteiger partial charge in [-0.3, -0.25) is 0 Å². The van der Waals surface area contributed by atoms with Crippen molar-refractivity contribution in [3.05, 3.63) is 84.2 Å². The molecule has 2 aromatic carbocycles. The number of hydrogen-bond acceptors (Lipinski definition) is 3. The van der Waals surface area contributed by atoms with Gasteiger partial charge in [0, 0.05) is 61.9 Å². The molecule has 27 heavy (non-hydrogen) atoms. The molecule has 0 aliphatic carbocycles. The van der Waals surface area contributed by atoms with Crippen LogP contribution in [-0.4, -0.2) is 24.9 Å². The Kier molecular flexibility index (Phi) is 5.67. The van der Waals surface area contributed by atoms with Gasteiger partial charge in [-0.25, -0.2) is 0 Å². The highest BCUT2D eigenvalue weighted by Crippen LogP contribution is 2.38. The average molecular weight is 380 g/mol. The van der Waals surface area contributed by atoms with Gasteiger partial charge < -0.3 is 14.0 Å². The fourth-order valence-electron chi connectivity index (χ4n) is 3.64. The summed E-state index contributed by atoms with van der Waals surface area (Å²) in [7, 11) is 1.81. The van der Waals surface area contributed by atoms with E-state index in [4.69, 9.17) is 9.47 Å². The fourth-order valence-corrected chi connectivity index (χ4v) is 4.52. The van der Waals surface area contributed by atoms with Crippen molar-refractivity contribution >= 4 is 11.8 Å². The van der Waals surface area contributed by atoms with Crippen LogP contribution in [0.3, 0.4) is 0 Å². The number of ether oxygens (including phenoxy) is 2. The van der Waals surface area contributed by atoms with Gasteiger partial charge in [0.25, 0.3) is 0 Å². The molecular weight excluding hydrogens is 354 g/mol. The molecule has 1 aliphatic rings. The van der Waals surface area contributed by atoms with Crippen LogP contribution in [0.5, 0.6) is 0 Å². The van der Waals surface area contributed by atoms with E-state index < -0.39 is 0 Å². The van der Waals surface area contributed by atoms with Crippen molar-refractivity contribution in [1.29, 1.82) is 0 Å². The zero-order valence-electron chi connectivity index (χ0n) is 15.6. The third-order valence-electron chi connectivity index (χ3n) is 5.24. The second-order valence-corrected chi connectivity index (χ2v) is 8.09. The normalized spacial score (nSPS) is 16.3. The largest absolute Gasteiger partial charge is 0.381 e. The van der Waals surface area contributed by atoms with Gasteiger partial charge in [-0.15, -0.1) is 0 Å². The van der Waals surface area contributed by atoms with E-state index in [-0.39, 0.29) is 5.60 Å². The summed E-state index contributed by atoms with van der Waals surface area (Å²) >= 11 is 1.80. The summed E-state index contributed by atoms with van der Waals surface area (Å²) in [6.07, 6.45) is 6.00. The number of rotatable bonds is 6. The lowest BCUT2D eigenvalue weighted by atomic mass is 9.86. The Bertz CT molecular complexity index is 852. The predicted octanol–water partition coefficient (Wildman–Crippen LogP) is 5.34. The quantitative estimate of drug-likeness (QED) is 0.577. The fraction of sp³-hybridized carbons (Fsp3) is 0.304. The van der Waals surface area contributed by atoms with Gasteiger partial charge in [-0.1, -0.05) is 36.0 Å². The summed E-state index contributed by atoms with van der Waals surface area (Å²) in [5.74, 6) is 0. The van der Waals surface area contributed by atoms with Crippen molar-refractivity contribution in [3.8, 4) is 0 Å². The molecule has 0 unspecified atom stereocenters. The molecule has 140 valence electrons. The molecular formula is C23H25NO2S. The molecule has 1 fully saturated rings. The third-order valence-corrected chi connectivity index (χ3v) is 6.24. The number of nitrogens with zero attached hydrogens (tertiary/aromatic N) is 1. The summed E-state index contributed by atoms with van der Waals surface area (Å²) in [4.78, 5) is 2.50. The zero-order chi connectivity index (χ0) is 18.5. The average Bonchev–Trinajstić information content (AvgIpc) is 3.23. The van der Waals surface area contributed by atoms with E-state index in [0.717, 1.165) is 32.6 Å². The van der Waals surface area contributed by atoms with Gasteiger partial charge in [-0.05, 0) is 47.5 Å². The summed E-state index contributed by atoms with van der Waals surface area (Å²) < 4.78 is 13.7. The highest BCUT2D eigenvalue weighted by molar-refractivity contribution is 7.99. The third kappa shape index (κ3) is 4.29. The first-order valence-corrected chi connectivity index (χ1v) is 10.2. The Labute approximate surface area is 165 Å². The zero-order valence-corrected chi connectivity index (χ0v) is 16.5. The molecule has 2 heterocycles. The number of hydrogen-bond donors (Lipinski definition) is 0. The Morgan fingerprint density at radius 1 is 0.963 bits per heavy atom. The SMILES string of the molecule is COC1(c2cccc(Sc3ccc(Cn4cccc4)cc3)c2)CCOCC1. The van der Waals surface area contributed by atoms with E-state index >= 15 is 0 Å². The van der Waals surface area contributed by atoms with Crippen LogP contribution in [0.15, 0.2) is 82.8 Å². The minimum absolute atomic E-state index is 0.213. The Morgan fingerprint density at radius 2 is 1.70 bits per heavy atom. The van der Waals surface area contributed by atoms with Crippen molar-refractivity contribution in [2.75, 3.05) is 20.3 Å². The van der Waals surface area contributed by atoms with Crippen molar-refractivity contribution in [3.63, 3.8) is 0 Å². The summed E-state index contributed by atoms with van der Waals surface area (Å²) in [6.45, 7) is 2.42. The van der Waals surface area contributed by atoms with Crippen LogP contribution >= 0.6 is 11.8 Å². The Hall–Kier alpha value is -2.01. The molecule has 0 N–H and O–H groups in total. The smallest absolute Gasteiger partial charge is 0.0971 e. The minimum Gasteiger partial charge on any atom is -0.381 e. The summed E-state index contributed by atoms with van der Waals surface area (Å²) in [5.41, 5.74) is 2.35. The topological polar surface area (TPSA) is 23.4 Å². The molecule has 3 aromatic rings. The van der Waals surface area contributed by atoms with E-state index in [1.165, 1.54) is 20.9 Å². The Morgan fingerprint density at radius 3 is 2.41 bits per heavy atom. The molecule has 4 heteroatoms. The number of aromatic nitrogens is 1. The molecule has 0 amide bonds. The van der Waals surface area contributed by atoms with Crippen molar-refractivity contribution < 1.29 is 9.47 Å². The van der Waals surface area contributed by atoms with Crippen LogP contribution in [0.4, 0.5) is 0 Å². The lowest BCUT2D eigenvalue weighted by Gasteiger charge is -2.36. The van der Waals surface area contributed by atoms with Gasteiger partial charge in [-0.2, -0.15) is 0 Å². The molecule has 1 saturated heterocycles. The highest BCUT2D eigenvalue weighted by Gasteiger charge is 2.34. The molecule has 0 bridgehead atoms. The van der Waals surface area contributed by atoms with Crippen LogP contribution < -0.4 is 0 Å². The molecule has 0 saturated carbocycles. The van der Waals surface area contributed by atoms with E-state index in [1.807, 2.05) is 7.11 Å². The summed E-state index contributed by atoms with van der Waals surface area (Å²) in [6, 6.07) is 21.7. The number of benzene rings is 2. The van der Waals surface area contributed by atoms with Crippen LogP contribution in [0.2, 0.25) is 0 Å². The molecule has 0 spiro atoms. The monoisotopic (exact) mass is 379 g/mol. The lowest BCUT2D eigenvalue weighted by Crippen LogP contribution is -2.35.